The largest absolute Gasteiger partial charge is 0.369 e. The molecule has 3 rings (SSSR count). The summed E-state index contributed by atoms with van der Waals surface area (Å²) >= 11 is 0. The minimum atomic E-state index is -0.228. The standard InChI is InChI=1S/C16H24N6O/c1-11-6-12(2)22-16(19-11)13(7-18-22)9-21-5-4-20(3)8-14(10-21)15(17)23/h6-7,14H,4-5,8-10H2,1-3H3,(H2,17,23)/t14-/m1/s1. The van der Waals surface area contributed by atoms with E-state index in [1.54, 1.807) is 0 Å². The smallest absolute Gasteiger partial charge is 0.223 e. The highest BCUT2D eigenvalue weighted by molar-refractivity contribution is 5.77. The second-order valence-electron chi connectivity index (χ2n) is 6.54. The molecule has 1 aliphatic heterocycles. The fraction of sp³-hybridized carbons (Fsp3) is 0.562. The zero-order chi connectivity index (χ0) is 16.6. The lowest BCUT2D eigenvalue weighted by Crippen LogP contribution is -2.37. The molecule has 0 saturated carbocycles. The van der Waals surface area contributed by atoms with Gasteiger partial charge >= 0.3 is 0 Å². The third kappa shape index (κ3) is 3.35. The molecule has 0 unspecified atom stereocenters. The van der Waals surface area contributed by atoms with E-state index in [2.05, 4.69) is 19.9 Å². The number of nitrogens with zero attached hydrogens (tertiary/aromatic N) is 5. The molecule has 2 aromatic heterocycles. The van der Waals surface area contributed by atoms with Gasteiger partial charge in [0.1, 0.15) is 0 Å². The van der Waals surface area contributed by atoms with Crippen molar-refractivity contribution in [2.45, 2.75) is 20.4 Å². The van der Waals surface area contributed by atoms with Gasteiger partial charge in [0, 0.05) is 49.7 Å². The van der Waals surface area contributed by atoms with Crippen LogP contribution in [0.4, 0.5) is 0 Å². The van der Waals surface area contributed by atoms with E-state index in [1.807, 2.05) is 37.7 Å². The molecule has 7 heteroatoms. The fourth-order valence-corrected chi connectivity index (χ4v) is 3.23. The van der Waals surface area contributed by atoms with Gasteiger partial charge in [-0.1, -0.05) is 0 Å². The molecule has 0 aliphatic carbocycles. The number of nitrogens with two attached hydrogens (primary N) is 1. The van der Waals surface area contributed by atoms with E-state index in [4.69, 9.17) is 5.73 Å². The van der Waals surface area contributed by atoms with E-state index in [9.17, 15) is 4.79 Å². The van der Waals surface area contributed by atoms with Gasteiger partial charge in [0.25, 0.3) is 0 Å². The maximum atomic E-state index is 11.6. The summed E-state index contributed by atoms with van der Waals surface area (Å²) in [5.41, 5.74) is 9.59. The lowest BCUT2D eigenvalue weighted by atomic mass is 10.1. The van der Waals surface area contributed by atoms with Crippen molar-refractivity contribution in [1.82, 2.24) is 24.4 Å². The number of hydrogen-bond acceptors (Lipinski definition) is 5. The van der Waals surface area contributed by atoms with Crippen molar-refractivity contribution in [2.24, 2.45) is 11.7 Å². The van der Waals surface area contributed by atoms with Crippen LogP contribution in [0.15, 0.2) is 12.3 Å². The predicted octanol–water partition coefficient (Wildman–Crippen LogP) is 0.195. The summed E-state index contributed by atoms with van der Waals surface area (Å²) in [4.78, 5) is 20.7. The topological polar surface area (TPSA) is 79.8 Å². The number of primary amides is 1. The molecule has 0 spiro atoms. The molecule has 0 radical (unpaired) electrons. The maximum absolute atomic E-state index is 11.6. The van der Waals surface area contributed by atoms with Crippen molar-refractivity contribution in [2.75, 3.05) is 33.2 Å². The summed E-state index contributed by atoms with van der Waals surface area (Å²) in [5.74, 6) is -0.366. The summed E-state index contributed by atoms with van der Waals surface area (Å²) in [6.45, 7) is 7.99. The molecule has 0 bridgehead atoms. The highest BCUT2D eigenvalue weighted by Crippen LogP contribution is 2.16. The van der Waals surface area contributed by atoms with Crippen molar-refractivity contribution in [3.05, 3.63) is 29.2 Å². The van der Waals surface area contributed by atoms with Crippen molar-refractivity contribution >= 4 is 11.6 Å². The third-order valence-corrected chi connectivity index (χ3v) is 4.46. The van der Waals surface area contributed by atoms with Crippen LogP contribution < -0.4 is 5.73 Å². The van der Waals surface area contributed by atoms with Crippen LogP contribution in [0, 0.1) is 19.8 Å². The Morgan fingerprint density at radius 1 is 1.35 bits per heavy atom. The van der Waals surface area contributed by atoms with Gasteiger partial charge in [-0.25, -0.2) is 9.50 Å². The van der Waals surface area contributed by atoms with E-state index in [0.29, 0.717) is 6.54 Å². The van der Waals surface area contributed by atoms with Crippen LogP contribution in [0.25, 0.3) is 5.65 Å². The Morgan fingerprint density at radius 3 is 2.87 bits per heavy atom. The van der Waals surface area contributed by atoms with Gasteiger partial charge in [-0.3, -0.25) is 9.69 Å². The summed E-state index contributed by atoms with van der Waals surface area (Å²) < 4.78 is 1.87. The fourth-order valence-electron chi connectivity index (χ4n) is 3.23. The summed E-state index contributed by atoms with van der Waals surface area (Å²) in [6, 6.07) is 2.02. The predicted molar refractivity (Wildman–Crippen MR) is 87.9 cm³/mol. The Kier molecular flexibility index (Phi) is 4.32. The quantitative estimate of drug-likeness (QED) is 0.875. The van der Waals surface area contributed by atoms with Gasteiger partial charge in [-0.15, -0.1) is 0 Å². The second-order valence-corrected chi connectivity index (χ2v) is 6.54. The highest BCUT2D eigenvalue weighted by Gasteiger charge is 2.25. The van der Waals surface area contributed by atoms with Gasteiger partial charge in [0.2, 0.25) is 5.91 Å². The number of carbonyl (C=O) groups is 1. The van der Waals surface area contributed by atoms with Gasteiger partial charge in [0.05, 0.1) is 12.1 Å². The van der Waals surface area contributed by atoms with E-state index in [-0.39, 0.29) is 11.8 Å². The Balaban J connectivity index is 1.85. The van der Waals surface area contributed by atoms with Crippen LogP contribution in [-0.4, -0.2) is 63.5 Å². The molecular formula is C16H24N6O. The molecule has 1 fully saturated rings. The normalized spacial score (nSPS) is 20.7. The van der Waals surface area contributed by atoms with Crippen LogP contribution in [0.3, 0.4) is 0 Å². The van der Waals surface area contributed by atoms with Crippen molar-refractivity contribution in [3.8, 4) is 0 Å². The Morgan fingerprint density at radius 2 is 2.13 bits per heavy atom. The number of fused-ring (bicyclic) bond motifs is 1. The first-order valence-electron chi connectivity index (χ1n) is 7.95. The average molecular weight is 316 g/mol. The number of aromatic nitrogens is 3. The van der Waals surface area contributed by atoms with E-state index in [1.165, 1.54) is 0 Å². The van der Waals surface area contributed by atoms with Gasteiger partial charge in [-0.2, -0.15) is 5.10 Å². The molecule has 124 valence electrons. The van der Waals surface area contributed by atoms with Gasteiger partial charge in [0.15, 0.2) is 5.65 Å². The molecule has 2 N–H and O–H groups in total. The second kappa shape index (κ2) is 6.25. The van der Waals surface area contributed by atoms with Gasteiger partial charge < -0.3 is 10.6 Å². The molecule has 1 atom stereocenters. The van der Waals surface area contributed by atoms with Crippen molar-refractivity contribution < 1.29 is 4.79 Å². The van der Waals surface area contributed by atoms with Crippen LogP contribution in [0.5, 0.6) is 0 Å². The van der Waals surface area contributed by atoms with Gasteiger partial charge in [-0.05, 0) is 27.0 Å². The van der Waals surface area contributed by atoms with Crippen molar-refractivity contribution in [3.63, 3.8) is 0 Å². The van der Waals surface area contributed by atoms with E-state index >= 15 is 0 Å². The first kappa shape index (κ1) is 15.9. The maximum Gasteiger partial charge on any atom is 0.223 e. The number of rotatable bonds is 3. The minimum absolute atomic E-state index is 0.138. The summed E-state index contributed by atoms with van der Waals surface area (Å²) in [5, 5.41) is 4.44. The molecule has 1 amide bonds. The molecule has 7 nitrogen and oxygen atoms in total. The highest BCUT2D eigenvalue weighted by atomic mass is 16.1. The number of likely N-dealkylation sites (N-methyl/N-ethyl adjacent to an activating group) is 1. The lowest BCUT2D eigenvalue weighted by Gasteiger charge is -2.21. The molecule has 0 aromatic carbocycles. The van der Waals surface area contributed by atoms with E-state index in [0.717, 1.165) is 48.8 Å². The zero-order valence-corrected chi connectivity index (χ0v) is 14.0. The van der Waals surface area contributed by atoms with Crippen LogP contribution in [-0.2, 0) is 11.3 Å². The summed E-state index contributed by atoms with van der Waals surface area (Å²) in [7, 11) is 2.03. The lowest BCUT2D eigenvalue weighted by molar-refractivity contribution is -0.122. The first-order chi connectivity index (χ1) is 10.9. The Bertz CT molecular complexity index is 725. The van der Waals surface area contributed by atoms with Crippen LogP contribution >= 0.6 is 0 Å². The molecule has 2 aromatic rings. The zero-order valence-electron chi connectivity index (χ0n) is 14.0. The van der Waals surface area contributed by atoms with Crippen molar-refractivity contribution in [1.29, 1.82) is 0 Å². The minimum Gasteiger partial charge on any atom is -0.369 e. The number of amides is 1. The molecule has 1 saturated heterocycles. The number of aryl methyl sites for hydroxylation is 2. The molecular weight excluding hydrogens is 292 g/mol. The number of hydrogen-bond donors (Lipinski definition) is 1. The van der Waals surface area contributed by atoms with Crippen LogP contribution in [0.1, 0.15) is 17.0 Å². The molecule has 1 aliphatic rings. The molecule has 3 heterocycles. The SMILES string of the molecule is Cc1cc(C)n2ncc(CN3CCN(C)C[C@@H](C(N)=O)C3)c2n1. The monoisotopic (exact) mass is 316 g/mol. The Hall–Kier alpha value is -1.99. The first-order valence-corrected chi connectivity index (χ1v) is 7.95. The summed E-state index contributed by atoms with van der Waals surface area (Å²) in [6.07, 6.45) is 1.88. The van der Waals surface area contributed by atoms with E-state index < -0.39 is 0 Å². The van der Waals surface area contributed by atoms with Crippen LogP contribution in [0.2, 0.25) is 0 Å². The third-order valence-electron chi connectivity index (χ3n) is 4.46. The Labute approximate surface area is 136 Å². The molecule has 23 heavy (non-hydrogen) atoms. The average Bonchev–Trinajstić information content (AvgIpc) is 2.76. The number of carbonyl (C=O) groups excluding carboxylic acids is 1.